The summed E-state index contributed by atoms with van der Waals surface area (Å²) in [7, 11) is 0. The van der Waals surface area contributed by atoms with Gasteiger partial charge >= 0.3 is 0 Å². The summed E-state index contributed by atoms with van der Waals surface area (Å²) in [5.74, 6) is 0. The lowest BCUT2D eigenvalue weighted by molar-refractivity contribution is -0.384. The van der Waals surface area contributed by atoms with E-state index in [1.807, 2.05) is 18.2 Å². The lowest BCUT2D eigenvalue weighted by Crippen LogP contribution is -2.23. The minimum atomic E-state index is -0.446. The van der Waals surface area contributed by atoms with Crippen molar-refractivity contribution in [2.75, 3.05) is 23.7 Å². The van der Waals surface area contributed by atoms with E-state index < -0.39 is 10.5 Å². The van der Waals surface area contributed by atoms with Crippen molar-refractivity contribution in [1.82, 2.24) is 9.78 Å². The highest BCUT2D eigenvalue weighted by Gasteiger charge is 2.10. The standard InChI is InChI=1S/C18H16ClN5O3/c19-17-16(12-22-23(18(17)25)14-4-2-1-3-5-14)21-11-10-20-13-6-8-15(9-7-13)24(26)27/h1-9,12,20-21H,10-11H2. The molecule has 0 saturated carbocycles. The van der Waals surface area contributed by atoms with Gasteiger partial charge in [-0.1, -0.05) is 29.8 Å². The van der Waals surface area contributed by atoms with Crippen LogP contribution in [0.15, 0.2) is 65.6 Å². The van der Waals surface area contributed by atoms with Crippen LogP contribution in [-0.4, -0.2) is 27.8 Å². The van der Waals surface area contributed by atoms with E-state index in [1.54, 1.807) is 24.3 Å². The van der Waals surface area contributed by atoms with E-state index in [-0.39, 0.29) is 10.7 Å². The first-order valence-electron chi connectivity index (χ1n) is 8.12. The normalized spacial score (nSPS) is 10.4. The van der Waals surface area contributed by atoms with Crippen LogP contribution in [0.25, 0.3) is 5.69 Å². The zero-order valence-electron chi connectivity index (χ0n) is 14.1. The summed E-state index contributed by atoms with van der Waals surface area (Å²) >= 11 is 6.17. The average Bonchev–Trinajstić information content (AvgIpc) is 2.69. The lowest BCUT2D eigenvalue weighted by Gasteiger charge is -2.11. The van der Waals surface area contributed by atoms with Crippen LogP contribution in [0.2, 0.25) is 5.02 Å². The third kappa shape index (κ3) is 4.42. The second-order valence-electron chi connectivity index (χ2n) is 5.58. The van der Waals surface area contributed by atoms with Crippen molar-refractivity contribution in [2.45, 2.75) is 0 Å². The van der Waals surface area contributed by atoms with Gasteiger partial charge in [-0.15, -0.1) is 0 Å². The SMILES string of the molecule is O=c1c(Cl)c(NCCNc2ccc([N+](=O)[O-])cc2)cnn1-c1ccccc1. The minimum absolute atomic E-state index is 0.0375. The number of rotatable bonds is 7. The molecular formula is C18H16ClN5O3. The van der Waals surface area contributed by atoms with Gasteiger partial charge in [-0.3, -0.25) is 14.9 Å². The molecule has 2 N–H and O–H groups in total. The van der Waals surface area contributed by atoms with Gasteiger partial charge in [0.15, 0.2) is 0 Å². The Hall–Kier alpha value is -3.39. The number of nitro benzene ring substituents is 1. The van der Waals surface area contributed by atoms with Gasteiger partial charge in [0.1, 0.15) is 5.02 Å². The van der Waals surface area contributed by atoms with E-state index in [1.165, 1.54) is 23.0 Å². The number of anilines is 2. The minimum Gasteiger partial charge on any atom is -0.383 e. The summed E-state index contributed by atoms with van der Waals surface area (Å²) in [6.07, 6.45) is 1.50. The van der Waals surface area contributed by atoms with Crippen LogP contribution in [-0.2, 0) is 0 Å². The third-order valence-corrected chi connectivity index (χ3v) is 4.13. The molecule has 0 fully saturated rings. The summed E-state index contributed by atoms with van der Waals surface area (Å²) in [6.45, 7) is 1.00. The maximum Gasteiger partial charge on any atom is 0.292 e. The van der Waals surface area contributed by atoms with E-state index in [4.69, 9.17) is 11.6 Å². The average molecular weight is 386 g/mol. The topological polar surface area (TPSA) is 102 Å². The Bertz CT molecular complexity index is 990. The molecule has 9 heteroatoms. The van der Waals surface area contributed by atoms with Crippen molar-refractivity contribution < 1.29 is 4.92 Å². The summed E-state index contributed by atoms with van der Waals surface area (Å²) < 4.78 is 1.24. The molecule has 0 unspecified atom stereocenters. The Balaban J connectivity index is 1.59. The molecule has 0 amide bonds. The van der Waals surface area contributed by atoms with Crippen molar-refractivity contribution in [3.63, 3.8) is 0 Å². The molecule has 8 nitrogen and oxygen atoms in total. The van der Waals surface area contributed by atoms with Gasteiger partial charge in [-0.2, -0.15) is 9.78 Å². The summed E-state index contributed by atoms with van der Waals surface area (Å²) in [4.78, 5) is 22.6. The molecule has 2 aromatic carbocycles. The molecule has 138 valence electrons. The maximum atomic E-state index is 12.4. The van der Waals surface area contributed by atoms with Crippen molar-refractivity contribution in [1.29, 1.82) is 0 Å². The predicted octanol–water partition coefficient (Wildman–Crippen LogP) is 3.32. The number of non-ortho nitro benzene ring substituents is 1. The van der Waals surface area contributed by atoms with Crippen LogP contribution in [0.5, 0.6) is 0 Å². The Morgan fingerprint density at radius 2 is 1.70 bits per heavy atom. The van der Waals surface area contributed by atoms with Gasteiger partial charge in [0.2, 0.25) is 0 Å². The number of hydrogen-bond acceptors (Lipinski definition) is 6. The quantitative estimate of drug-likeness (QED) is 0.367. The Morgan fingerprint density at radius 3 is 2.37 bits per heavy atom. The molecule has 0 spiro atoms. The maximum absolute atomic E-state index is 12.4. The monoisotopic (exact) mass is 385 g/mol. The number of aromatic nitrogens is 2. The van der Waals surface area contributed by atoms with Crippen molar-refractivity contribution in [3.8, 4) is 5.69 Å². The van der Waals surface area contributed by atoms with Crippen molar-refractivity contribution in [2.24, 2.45) is 0 Å². The molecule has 0 atom stereocenters. The van der Waals surface area contributed by atoms with E-state index in [0.29, 0.717) is 24.5 Å². The number of hydrogen-bond donors (Lipinski definition) is 2. The molecule has 0 aliphatic carbocycles. The molecule has 0 aliphatic heterocycles. The Labute approximate surface area is 159 Å². The molecule has 0 saturated heterocycles. The fourth-order valence-corrected chi connectivity index (χ4v) is 2.61. The fourth-order valence-electron chi connectivity index (χ4n) is 2.41. The van der Waals surface area contributed by atoms with Gasteiger partial charge in [0.05, 0.1) is 22.5 Å². The van der Waals surface area contributed by atoms with Crippen molar-refractivity contribution >= 4 is 28.7 Å². The number of nitrogens with zero attached hydrogens (tertiary/aromatic N) is 3. The highest BCUT2D eigenvalue weighted by Crippen LogP contribution is 2.17. The van der Waals surface area contributed by atoms with Gasteiger partial charge in [-0.25, -0.2) is 0 Å². The third-order valence-electron chi connectivity index (χ3n) is 3.77. The van der Waals surface area contributed by atoms with E-state index in [0.717, 1.165) is 5.69 Å². The molecule has 1 aromatic heterocycles. The number of halogens is 1. The van der Waals surface area contributed by atoms with Crippen LogP contribution in [0.1, 0.15) is 0 Å². The Kier molecular flexibility index (Phi) is 5.68. The van der Waals surface area contributed by atoms with Gasteiger partial charge in [0.25, 0.3) is 11.2 Å². The van der Waals surface area contributed by atoms with Crippen LogP contribution in [0.3, 0.4) is 0 Å². The first-order valence-corrected chi connectivity index (χ1v) is 8.49. The van der Waals surface area contributed by atoms with Crippen LogP contribution < -0.4 is 16.2 Å². The summed E-state index contributed by atoms with van der Waals surface area (Å²) in [5.41, 5.74) is 1.47. The van der Waals surface area contributed by atoms with Gasteiger partial charge < -0.3 is 10.6 Å². The van der Waals surface area contributed by atoms with Gasteiger partial charge in [-0.05, 0) is 24.3 Å². The molecule has 0 bridgehead atoms. The number of nitro groups is 1. The smallest absolute Gasteiger partial charge is 0.292 e. The zero-order valence-corrected chi connectivity index (χ0v) is 14.9. The fraction of sp³-hybridized carbons (Fsp3) is 0.111. The highest BCUT2D eigenvalue weighted by atomic mass is 35.5. The van der Waals surface area contributed by atoms with Crippen molar-refractivity contribution in [3.05, 3.63) is 86.3 Å². The van der Waals surface area contributed by atoms with Crippen LogP contribution in [0.4, 0.5) is 17.1 Å². The van der Waals surface area contributed by atoms with E-state index in [2.05, 4.69) is 15.7 Å². The second kappa shape index (κ2) is 8.33. The number of para-hydroxylation sites is 1. The Morgan fingerprint density at radius 1 is 1.04 bits per heavy atom. The molecule has 3 aromatic rings. The molecular weight excluding hydrogens is 370 g/mol. The van der Waals surface area contributed by atoms with E-state index >= 15 is 0 Å². The lowest BCUT2D eigenvalue weighted by atomic mass is 10.3. The van der Waals surface area contributed by atoms with Gasteiger partial charge in [0, 0.05) is 30.9 Å². The van der Waals surface area contributed by atoms with E-state index in [9.17, 15) is 14.9 Å². The van der Waals surface area contributed by atoms with Crippen LogP contribution in [0, 0.1) is 10.1 Å². The molecule has 27 heavy (non-hydrogen) atoms. The largest absolute Gasteiger partial charge is 0.383 e. The van der Waals surface area contributed by atoms with Crippen LogP contribution >= 0.6 is 11.6 Å². The highest BCUT2D eigenvalue weighted by molar-refractivity contribution is 6.32. The second-order valence-corrected chi connectivity index (χ2v) is 5.96. The first-order chi connectivity index (χ1) is 13.1. The predicted molar refractivity (Wildman–Crippen MR) is 105 cm³/mol. The molecule has 3 rings (SSSR count). The number of benzene rings is 2. The zero-order chi connectivity index (χ0) is 19.2. The summed E-state index contributed by atoms with van der Waals surface area (Å²) in [5, 5.41) is 21.0. The molecule has 1 heterocycles. The summed E-state index contributed by atoms with van der Waals surface area (Å²) in [6, 6.07) is 15.1. The molecule has 0 radical (unpaired) electrons. The molecule has 0 aliphatic rings. The first kappa shape index (κ1) is 18.4. The number of nitrogens with one attached hydrogen (secondary N) is 2.